The van der Waals surface area contributed by atoms with Gasteiger partial charge in [-0.25, -0.2) is 13.8 Å². The summed E-state index contributed by atoms with van der Waals surface area (Å²) >= 11 is 0. The number of nitrogens with zero attached hydrogens (tertiary/aromatic N) is 1. The van der Waals surface area contributed by atoms with Gasteiger partial charge in [-0.2, -0.15) is 0 Å². The standard InChI is InChI=1S/C14H17F2N3O/c1-4-6-11(16)14(10(15)5-2)20-13-7-9(3)12(19-17)8-18-13/h4-8,19H,17H2,1-3H3/b6-4-,10-5+,14-11-. The molecule has 1 aromatic heterocycles. The topological polar surface area (TPSA) is 60.2 Å². The maximum absolute atomic E-state index is 13.8. The van der Waals surface area contributed by atoms with Crippen LogP contribution >= 0.6 is 0 Å². The number of rotatable bonds is 5. The lowest BCUT2D eigenvalue weighted by Crippen LogP contribution is -2.09. The predicted molar refractivity (Wildman–Crippen MR) is 75.2 cm³/mol. The van der Waals surface area contributed by atoms with E-state index < -0.39 is 17.4 Å². The van der Waals surface area contributed by atoms with E-state index in [2.05, 4.69) is 10.4 Å². The molecule has 0 saturated heterocycles. The van der Waals surface area contributed by atoms with Gasteiger partial charge in [-0.1, -0.05) is 6.08 Å². The van der Waals surface area contributed by atoms with Crippen molar-refractivity contribution in [3.63, 3.8) is 0 Å². The number of nitrogens with two attached hydrogens (primary N) is 1. The van der Waals surface area contributed by atoms with Crippen molar-refractivity contribution in [2.45, 2.75) is 20.8 Å². The number of halogens is 2. The van der Waals surface area contributed by atoms with Crippen molar-refractivity contribution in [3.8, 4) is 5.88 Å². The second-order valence-electron chi connectivity index (χ2n) is 3.90. The summed E-state index contributed by atoms with van der Waals surface area (Å²) in [6.07, 6.45) is 5.09. The summed E-state index contributed by atoms with van der Waals surface area (Å²) in [5.41, 5.74) is 3.79. The fourth-order valence-electron chi connectivity index (χ4n) is 1.41. The molecule has 0 fully saturated rings. The van der Waals surface area contributed by atoms with Crippen LogP contribution in [0.1, 0.15) is 19.4 Å². The molecule has 0 aliphatic carbocycles. The molecule has 0 bridgehead atoms. The molecule has 1 heterocycles. The lowest BCUT2D eigenvalue weighted by atomic mass is 10.2. The van der Waals surface area contributed by atoms with Gasteiger partial charge in [-0.05, 0) is 38.5 Å². The zero-order valence-corrected chi connectivity index (χ0v) is 11.6. The van der Waals surface area contributed by atoms with Gasteiger partial charge in [0, 0.05) is 6.07 Å². The van der Waals surface area contributed by atoms with Crippen LogP contribution in [0, 0.1) is 6.92 Å². The Balaban J connectivity index is 3.14. The molecule has 20 heavy (non-hydrogen) atoms. The molecule has 108 valence electrons. The number of nitrogen functional groups attached to an aromatic ring is 1. The van der Waals surface area contributed by atoms with Gasteiger partial charge < -0.3 is 10.2 Å². The van der Waals surface area contributed by atoms with Crippen LogP contribution in [0.25, 0.3) is 0 Å². The average molecular weight is 281 g/mol. The Kier molecular flexibility index (Phi) is 5.86. The van der Waals surface area contributed by atoms with E-state index in [0.717, 1.165) is 17.7 Å². The van der Waals surface area contributed by atoms with Gasteiger partial charge in [0.15, 0.2) is 17.4 Å². The quantitative estimate of drug-likeness (QED) is 0.374. The number of hydrazine groups is 1. The molecule has 3 N–H and O–H groups in total. The molecule has 0 atom stereocenters. The van der Waals surface area contributed by atoms with Gasteiger partial charge in [0.1, 0.15) is 0 Å². The van der Waals surface area contributed by atoms with Crippen molar-refractivity contribution in [1.82, 2.24) is 4.98 Å². The molecule has 1 aromatic rings. The number of aromatic nitrogens is 1. The molecule has 0 aromatic carbocycles. The Bertz CT molecular complexity index is 566. The van der Waals surface area contributed by atoms with Gasteiger partial charge >= 0.3 is 0 Å². The largest absolute Gasteiger partial charge is 0.433 e. The third-order valence-corrected chi connectivity index (χ3v) is 2.45. The maximum Gasteiger partial charge on any atom is 0.219 e. The highest BCUT2D eigenvalue weighted by Crippen LogP contribution is 2.24. The molecule has 6 heteroatoms. The lowest BCUT2D eigenvalue weighted by Gasteiger charge is -2.10. The molecule has 4 nitrogen and oxygen atoms in total. The molecular weight excluding hydrogens is 264 g/mol. The minimum absolute atomic E-state index is 0.0770. The fraction of sp³-hybridized carbons (Fsp3) is 0.214. The zero-order valence-electron chi connectivity index (χ0n) is 11.6. The van der Waals surface area contributed by atoms with E-state index in [4.69, 9.17) is 10.6 Å². The third-order valence-electron chi connectivity index (χ3n) is 2.45. The maximum atomic E-state index is 13.8. The molecule has 0 radical (unpaired) electrons. The van der Waals surface area contributed by atoms with E-state index in [0.29, 0.717) is 5.69 Å². The monoisotopic (exact) mass is 281 g/mol. The molecule has 0 spiro atoms. The van der Waals surface area contributed by atoms with Crippen molar-refractivity contribution in [2.24, 2.45) is 5.84 Å². The van der Waals surface area contributed by atoms with Gasteiger partial charge in [0.05, 0.1) is 11.9 Å². The Labute approximate surface area is 116 Å². The van der Waals surface area contributed by atoms with Crippen LogP contribution in [0.2, 0.25) is 0 Å². The molecule has 1 rings (SSSR count). The Morgan fingerprint density at radius 2 is 2.10 bits per heavy atom. The lowest BCUT2D eigenvalue weighted by molar-refractivity contribution is 0.368. The minimum Gasteiger partial charge on any atom is -0.433 e. The second kappa shape index (κ2) is 7.40. The van der Waals surface area contributed by atoms with Crippen molar-refractivity contribution in [2.75, 3.05) is 5.43 Å². The van der Waals surface area contributed by atoms with Crippen LogP contribution in [0.4, 0.5) is 14.5 Å². The van der Waals surface area contributed by atoms with E-state index in [9.17, 15) is 8.78 Å². The molecular formula is C14H17F2N3O. The van der Waals surface area contributed by atoms with Crippen LogP contribution in [0.3, 0.4) is 0 Å². The van der Waals surface area contributed by atoms with Crippen molar-refractivity contribution < 1.29 is 13.5 Å². The van der Waals surface area contributed by atoms with Crippen LogP contribution in [0.5, 0.6) is 5.88 Å². The molecule has 0 amide bonds. The number of hydrogen-bond acceptors (Lipinski definition) is 4. The van der Waals surface area contributed by atoms with Gasteiger partial charge in [-0.3, -0.25) is 5.84 Å². The summed E-state index contributed by atoms with van der Waals surface area (Å²) in [5, 5.41) is 0. The van der Waals surface area contributed by atoms with Crippen LogP contribution < -0.4 is 16.0 Å². The summed E-state index contributed by atoms with van der Waals surface area (Å²) in [6, 6.07) is 1.53. The summed E-state index contributed by atoms with van der Waals surface area (Å²) < 4.78 is 32.6. The number of allylic oxidation sites excluding steroid dienone is 5. The summed E-state index contributed by atoms with van der Waals surface area (Å²) in [6.45, 7) is 4.83. The van der Waals surface area contributed by atoms with E-state index in [1.54, 1.807) is 13.8 Å². The summed E-state index contributed by atoms with van der Waals surface area (Å²) in [5.74, 6) is 3.23. The smallest absolute Gasteiger partial charge is 0.219 e. The Morgan fingerprint density at radius 1 is 1.40 bits per heavy atom. The number of nitrogens with one attached hydrogen (secondary N) is 1. The first-order chi connectivity index (χ1) is 9.53. The van der Waals surface area contributed by atoms with Crippen molar-refractivity contribution in [3.05, 3.63) is 53.5 Å². The highest BCUT2D eigenvalue weighted by atomic mass is 19.1. The first-order valence-electron chi connectivity index (χ1n) is 5.99. The van der Waals surface area contributed by atoms with Crippen molar-refractivity contribution >= 4 is 5.69 Å². The SMILES string of the molecule is C\C=C/C(F)=C(Oc1cc(C)c(NN)cn1)\C(F)=C/C. The van der Waals surface area contributed by atoms with E-state index >= 15 is 0 Å². The Hall–Kier alpha value is -2.21. The number of pyridine rings is 1. The molecule has 0 aliphatic heterocycles. The number of ether oxygens (including phenoxy) is 1. The van der Waals surface area contributed by atoms with E-state index in [-0.39, 0.29) is 5.88 Å². The fourth-order valence-corrected chi connectivity index (χ4v) is 1.41. The summed E-state index contributed by atoms with van der Waals surface area (Å²) in [7, 11) is 0. The normalized spacial score (nSPS) is 13.4. The first kappa shape index (κ1) is 15.8. The zero-order chi connectivity index (χ0) is 15.1. The molecule has 0 aliphatic rings. The highest BCUT2D eigenvalue weighted by Gasteiger charge is 2.14. The average Bonchev–Trinajstić information content (AvgIpc) is 2.44. The van der Waals surface area contributed by atoms with Crippen LogP contribution in [-0.2, 0) is 0 Å². The molecule has 0 unspecified atom stereocenters. The van der Waals surface area contributed by atoms with Gasteiger partial charge in [0.25, 0.3) is 0 Å². The van der Waals surface area contributed by atoms with Gasteiger partial charge in [-0.15, -0.1) is 0 Å². The van der Waals surface area contributed by atoms with Crippen LogP contribution in [-0.4, -0.2) is 4.98 Å². The predicted octanol–water partition coefficient (Wildman–Crippen LogP) is 3.68. The summed E-state index contributed by atoms with van der Waals surface area (Å²) in [4.78, 5) is 3.93. The third kappa shape index (κ3) is 3.89. The van der Waals surface area contributed by atoms with E-state index in [1.165, 1.54) is 25.3 Å². The number of aryl methyl sites for hydroxylation is 1. The van der Waals surface area contributed by atoms with Crippen molar-refractivity contribution in [1.29, 1.82) is 0 Å². The molecule has 0 saturated carbocycles. The second-order valence-corrected chi connectivity index (χ2v) is 3.90. The van der Waals surface area contributed by atoms with Gasteiger partial charge in [0.2, 0.25) is 5.88 Å². The van der Waals surface area contributed by atoms with E-state index in [1.807, 2.05) is 0 Å². The van der Waals surface area contributed by atoms with Crippen LogP contribution in [0.15, 0.2) is 47.9 Å². The first-order valence-corrected chi connectivity index (χ1v) is 5.99. The minimum atomic E-state index is -0.816. The number of hydrogen-bond donors (Lipinski definition) is 2. The number of anilines is 1. The highest BCUT2D eigenvalue weighted by molar-refractivity contribution is 5.49. The Morgan fingerprint density at radius 3 is 2.60 bits per heavy atom.